The van der Waals surface area contributed by atoms with E-state index in [1.807, 2.05) is 12.1 Å². The molecule has 0 aliphatic carbocycles. The molecule has 1 N–H and O–H groups in total. The van der Waals surface area contributed by atoms with Crippen LogP contribution in [0.15, 0.2) is 28.6 Å². The summed E-state index contributed by atoms with van der Waals surface area (Å²) in [5.41, 5.74) is 2.21. The Morgan fingerprint density at radius 3 is 2.74 bits per heavy atom. The molecule has 19 heavy (non-hydrogen) atoms. The summed E-state index contributed by atoms with van der Waals surface area (Å²) < 4.78 is 0.608. The van der Waals surface area contributed by atoms with Crippen LogP contribution in [0.1, 0.15) is 12.5 Å². The molecule has 0 aliphatic heterocycles. The van der Waals surface area contributed by atoms with Gasteiger partial charge in [0.2, 0.25) is 5.13 Å². The highest BCUT2D eigenvalue weighted by molar-refractivity contribution is 8.01. The molecule has 0 saturated carbocycles. The van der Waals surface area contributed by atoms with Crippen LogP contribution in [0.2, 0.25) is 0 Å². The van der Waals surface area contributed by atoms with Crippen LogP contribution in [0.25, 0.3) is 0 Å². The fourth-order valence-corrected chi connectivity index (χ4v) is 2.87. The van der Waals surface area contributed by atoms with E-state index in [4.69, 9.17) is 0 Å². The lowest BCUT2D eigenvalue weighted by molar-refractivity contribution is -0.301. The molecule has 1 heterocycles. The molecule has 0 unspecified atom stereocenters. The van der Waals surface area contributed by atoms with Gasteiger partial charge >= 0.3 is 0 Å². The van der Waals surface area contributed by atoms with Gasteiger partial charge < -0.3 is 15.2 Å². The first-order chi connectivity index (χ1) is 9.17. The normalized spacial score (nSPS) is 10.4. The maximum absolute atomic E-state index is 10.3. The van der Waals surface area contributed by atoms with Crippen molar-refractivity contribution in [3.8, 4) is 0 Å². The molecule has 0 spiro atoms. The maximum Gasteiger partial charge on any atom is 0.210 e. The molecule has 0 aliphatic rings. The highest BCUT2D eigenvalue weighted by atomic mass is 32.2. The second-order valence-electron chi connectivity index (χ2n) is 3.71. The number of aromatic nitrogens is 2. The summed E-state index contributed by atoms with van der Waals surface area (Å²) in [7, 11) is 0. The molecule has 0 saturated heterocycles. The van der Waals surface area contributed by atoms with Crippen LogP contribution in [0.4, 0.5) is 10.8 Å². The second kappa shape index (κ2) is 6.53. The van der Waals surface area contributed by atoms with Crippen molar-refractivity contribution in [1.29, 1.82) is 0 Å². The summed E-state index contributed by atoms with van der Waals surface area (Å²) in [5.74, 6) is -1.22. The van der Waals surface area contributed by atoms with E-state index in [0.29, 0.717) is 9.47 Å². The second-order valence-corrected chi connectivity index (χ2v) is 5.91. The molecule has 0 radical (unpaired) electrons. The summed E-state index contributed by atoms with van der Waals surface area (Å²) >= 11 is 2.43. The first-order valence-corrected chi connectivity index (χ1v) is 7.49. The minimum Gasteiger partial charge on any atom is -0.549 e. The van der Waals surface area contributed by atoms with Gasteiger partial charge in [0.15, 0.2) is 4.34 Å². The van der Waals surface area contributed by atoms with Crippen molar-refractivity contribution in [3.05, 3.63) is 29.8 Å². The smallest absolute Gasteiger partial charge is 0.210 e. The van der Waals surface area contributed by atoms with Gasteiger partial charge in [0, 0.05) is 11.4 Å². The van der Waals surface area contributed by atoms with E-state index in [0.717, 1.165) is 23.9 Å². The van der Waals surface area contributed by atoms with Crippen molar-refractivity contribution in [3.63, 3.8) is 0 Å². The number of carbonyl (C=O) groups is 1. The van der Waals surface area contributed by atoms with Crippen LogP contribution in [-0.2, 0) is 11.2 Å². The number of carboxylic acids is 1. The zero-order chi connectivity index (χ0) is 13.7. The molecule has 0 amide bonds. The summed E-state index contributed by atoms with van der Waals surface area (Å²) in [4.78, 5) is 10.3. The van der Waals surface area contributed by atoms with E-state index in [2.05, 4.69) is 34.6 Å². The standard InChI is InChI=1S/C12H13N3O2S2/c1-2-8-3-5-9(6-4-8)13-11-14-15-12(19-11)18-7-10(16)17/h3-6H,2,7H2,1H3,(H,13,14)(H,16,17)/p-1. The van der Waals surface area contributed by atoms with Gasteiger partial charge in [-0.1, -0.05) is 42.2 Å². The minimum atomic E-state index is -1.11. The highest BCUT2D eigenvalue weighted by Crippen LogP contribution is 2.27. The van der Waals surface area contributed by atoms with E-state index in [-0.39, 0.29) is 5.75 Å². The molecule has 1 aromatic carbocycles. The van der Waals surface area contributed by atoms with Crippen molar-refractivity contribution in [2.45, 2.75) is 17.7 Å². The molecular formula is C12H12N3O2S2-. The lowest BCUT2D eigenvalue weighted by atomic mass is 10.1. The van der Waals surface area contributed by atoms with Crippen LogP contribution in [0.3, 0.4) is 0 Å². The van der Waals surface area contributed by atoms with Crippen molar-refractivity contribution >= 4 is 39.9 Å². The number of anilines is 2. The Kier molecular flexibility index (Phi) is 4.75. The minimum absolute atomic E-state index is 0.111. The molecule has 0 fully saturated rings. The molecule has 0 bridgehead atoms. The largest absolute Gasteiger partial charge is 0.549 e. The number of aryl methyl sites for hydroxylation is 1. The zero-order valence-electron chi connectivity index (χ0n) is 10.3. The van der Waals surface area contributed by atoms with E-state index in [1.165, 1.54) is 16.9 Å². The first-order valence-electron chi connectivity index (χ1n) is 5.69. The van der Waals surface area contributed by atoms with E-state index >= 15 is 0 Å². The number of nitrogens with zero attached hydrogens (tertiary/aromatic N) is 2. The van der Waals surface area contributed by atoms with Gasteiger partial charge in [-0.25, -0.2) is 0 Å². The number of hydrogen-bond donors (Lipinski definition) is 1. The Hall–Kier alpha value is -1.60. The lowest BCUT2D eigenvalue weighted by Gasteiger charge is -2.02. The van der Waals surface area contributed by atoms with Crippen LogP contribution in [-0.4, -0.2) is 21.9 Å². The summed E-state index contributed by atoms with van der Waals surface area (Å²) in [6, 6.07) is 8.06. The third-order valence-corrected chi connectivity index (χ3v) is 4.28. The van der Waals surface area contributed by atoms with Crippen molar-refractivity contribution < 1.29 is 9.90 Å². The number of hydrogen-bond acceptors (Lipinski definition) is 7. The fraction of sp³-hybridized carbons (Fsp3) is 0.250. The van der Waals surface area contributed by atoms with Gasteiger partial charge in [-0.15, -0.1) is 10.2 Å². The molecule has 2 rings (SSSR count). The molecular weight excluding hydrogens is 282 g/mol. The molecule has 2 aromatic rings. The van der Waals surface area contributed by atoms with Gasteiger partial charge in [0.1, 0.15) is 0 Å². The quantitative estimate of drug-likeness (QED) is 0.817. The van der Waals surface area contributed by atoms with Gasteiger partial charge in [0.25, 0.3) is 0 Å². The first kappa shape index (κ1) is 13.8. The van der Waals surface area contributed by atoms with Crippen LogP contribution >= 0.6 is 23.1 Å². The zero-order valence-corrected chi connectivity index (χ0v) is 11.9. The average Bonchev–Trinajstić information content (AvgIpc) is 2.85. The van der Waals surface area contributed by atoms with Crippen molar-refractivity contribution in [2.75, 3.05) is 11.1 Å². The third-order valence-electron chi connectivity index (χ3n) is 2.33. The number of rotatable bonds is 6. The summed E-state index contributed by atoms with van der Waals surface area (Å²) in [6.45, 7) is 2.11. The van der Waals surface area contributed by atoms with Gasteiger partial charge in [-0.3, -0.25) is 0 Å². The predicted octanol–water partition coefficient (Wildman–Crippen LogP) is 1.69. The number of thioether (sulfide) groups is 1. The van der Waals surface area contributed by atoms with Crippen LogP contribution < -0.4 is 10.4 Å². The van der Waals surface area contributed by atoms with Crippen LogP contribution in [0, 0.1) is 0 Å². The molecule has 0 atom stereocenters. The average molecular weight is 294 g/mol. The van der Waals surface area contributed by atoms with E-state index in [9.17, 15) is 9.90 Å². The van der Waals surface area contributed by atoms with Gasteiger partial charge in [-0.2, -0.15) is 0 Å². The molecule has 5 nitrogen and oxygen atoms in total. The number of carboxylic acid groups (broad SMARTS) is 1. The molecule has 1 aromatic heterocycles. The van der Waals surface area contributed by atoms with Crippen molar-refractivity contribution in [1.82, 2.24) is 10.2 Å². The highest BCUT2D eigenvalue weighted by Gasteiger charge is 2.05. The lowest BCUT2D eigenvalue weighted by Crippen LogP contribution is -2.24. The third kappa shape index (κ3) is 4.22. The number of aliphatic carboxylic acids is 1. The topological polar surface area (TPSA) is 77.9 Å². The van der Waals surface area contributed by atoms with E-state index < -0.39 is 5.97 Å². The Morgan fingerprint density at radius 2 is 2.11 bits per heavy atom. The number of carbonyl (C=O) groups excluding carboxylic acids is 1. The number of benzene rings is 1. The van der Waals surface area contributed by atoms with Gasteiger partial charge in [-0.05, 0) is 24.1 Å². The SMILES string of the molecule is CCc1ccc(Nc2nnc(SCC(=O)[O-])s2)cc1. The van der Waals surface area contributed by atoms with Crippen LogP contribution in [0.5, 0.6) is 0 Å². The predicted molar refractivity (Wildman–Crippen MR) is 74.7 cm³/mol. The Balaban J connectivity index is 1.96. The summed E-state index contributed by atoms with van der Waals surface area (Å²) in [5, 5.41) is 22.0. The summed E-state index contributed by atoms with van der Waals surface area (Å²) in [6.07, 6.45) is 1.00. The van der Waals surface area contributed by atoms with Crippen molar-refractivity contribution in [2.24, 2.45) is 0 Å². The molecule has 100 valence electrons. The fourth-order valence-electron chi connectivity index (χ4n) is 1.39. The Morgan fingerprint density at radius 1 is 1.37 bits per heavy atom. The molecule has 7 heteroatoms. The Bertz CT molecular complexity index is 554. The van der Waals surface area contributed by atoms with Gasteiger partial charge in [0.05, 0.1) is 5.97 Å². The number of nitrogens with one attached hydrogen (secondary N) is 1. The Labute approximate surface area is 119 Å². The monoisotopic (exact) mass is 294 g/mol. The maximum atomic E-state index is 10.3. The van der Waals surface area contributed by atoms with E-state index in [1.54, 1.807) is 0 Å².